The van der Waals surface area contributed by atoms with Crippen LogP contribution in [0.4, 0.5) is 5.69 Å². The molecule has 0 amide bonds. The number of hydrogen-bond acceptors (Lipinski definition) is 3. The van der Waals surface area contributed by atoms with Gasteiger partial charge >= 0.3 is 0 Å². The molecule has 1 aromatic carbocycles. The van der Waals surface area contributed by atoms with Crippen LogP contribution in [0.3, 0.4) is 0 Å². The Kier molecular flexibility index (Phi) is 3.45. The second kappa shape index (κ2) is 4.68. The van der Waals surface area contributed by atoms with Gasteiger partial charge in [-0.15, -0.1) is 11.8 Å². The van der Waals surface area contributed by atoms with Gasteiger partial charge in [0.25, 0.3) is 0 Å². The third-order valence-corrected chi connectivity index (χ3v) is 4.69. The van der Waals surface area contributed by atoms with Crippen molar-refractivity contribution in [2.45, 2.75) is 37.0 Å². The molecule has 2 unspecified atom stereocenters. The lowest BCUT2D eigenvalue weighted by atomic mass is 10.1. The third kappa shape index (κ3) is 2.20. The van der Waals surface area contributed by atoms with Crippen LogP contribution in [0.5, 0.6) is 0 Å². The van der Waals surface area contributed by atoms with Crippen molar-refractivity contribution >= 4 is 17.4 Å². The Morgan fingerprint density at radius 3 is 2.81 bits per heavy atom. The van der Waals surface area contributed by atoms with Gasteiger partial charge in [0.2, 0.25) is 0 Å². The lowest BCUT2D eigenvalue weighted by molar-refractivity contribution is 0.664. The number of hydrogen-bond donors (Lipinski definition) is 2. The molecule has 1 heterocycles. The Hall–Kier alpha value is -0.670. The number of aryl methyl sites for hydroxylation is 2. The summed E-state index contributed by atoms with van der Waals surface area (Å²) in [6, 6.07) is 5.03. The molecule has 88 valence electrons. The van der Waals surface area contributed by atoms with Crippen LogP contribution in [0, 0.1) is 13.8 Å². The number of anilines is 1. The smallest absolute Gasteiger partial charge is 0.0486 e. The molecule has 2 atom stereocenters. The van der Waals surface area contributed by atoms with Crippen molar-refractivity contribution < 1.29 is 0 Å². The van der Waals surface area contributed by atoms with Gasteiger partial charge in [-0.3, -0.25) is 0 Å². The summed E-state index contributed by atoms with van der Waals surface area (Å²) < 4.78 is 0. The molecule has 0 saturated carbocycles. The maximum Gasteiger partial charge on any atom is 0.0486 e. The largest absolute Gasteiger partial charge is 0.380 e. The minimum atomic E-state index is 0.520. The van der Waals surface area contributed by atoms with Gasteiger partial charge in [0.15, 0.2) is 0 Å². The number of benzene rings is 1. The zero-order valence-corrected chi connectivity index (χ0v) is 11.2. The Bertz CT molecular complexity index is 390. The molecule has 1 aromatic rings. The Morgan fingerprint density at radius 1 is 1.38 bits per heavy atom. The molecule has 1 aliphatic heterocycles. The molecule has 2 nitrogen and oxygen atoms in total. The second-order valence-electron chi connectivity index (χ2n) is 4.61. The maximum atomic E-state index is 3.62. The maximum absolute atomic E-state index is 3.62. The highest BCUT2D eigenvalue weighted by Gasteiger charge is 2.26. The first kappa shape index (κ1) is 11.8. The molecule has 0 radical (unpaired) electrons. The first-order chi connectivity index (χ1) is 7.61. The van der Waals surface area contributed by atoms with E-state index < -0.39 is 0 Å². The summed E-state index contributed by atoms with van der Waals surface area (Å²) in [6.07, 6.45) is 0. The van der Waals surface area contributed by atoms with Crippen molar-refractivity contribution in [2.75, 3.05) is 18.9 Å². The molecule has 0 saturated heterocycles. The van der Waals surface area contributed by atoms with E-state index in [1.807, 2.05) is 18.8 Å². The van der Waals surface area contributed by atoms with Gasteiger partial charge in [-0.2, -0.15) is 0 Å². The fraction of sp³-hybridized carbons (Fsp3) is 0.538. The van der Waals surface area contributed by atoms with Gasteiger partial charge in [0.1, 0.15) is 0 Å². The van der Waals surface area contributed by atoms with Crippen LogP contribution in [-0.4, -0.2) is 24.9 Å². The summed E-state index contributed by atoms with van der Waals surface area (Å²) in [5, 5.41) is 7.49. The molecule has 16 heavy (non-hydrogen) atoms. The van der Waals surface area contributed by atoms with Crippen molar-refractivity contribution in [3.63, 3.8) is 0 Å². The minimum Gasteiger partial charge on any atom is -0.380 e. The minimum absolute atomic E-state index is 0.520. The molecule has 0 aliphatic carbocycles. The fourth-order valence-electron chi connectivity index (χ4n) is 2.23. The van der Waals surface area contributed by atoms with Crippen LogP contribution in [0.1, 0.15) is 18.1 Å². The summed E-state index contributed by atoms with van der Waals surface area (Å²) in [4.78, 5) is 1.42. The zero-order chi connectivity index (χ0) is 11.7. The molecule has 0 bridgehead atoms. The van der Waals surface area contributed by atoms with Crippen LogP contribution >= 0.6 is 11.8 Å². The highest BCUT2D eigenvalue weighted by atomic mass is 32.2. The van der Waals surface area contributed by atoms with Gasteiger partial charge in [-0.25, -0.2) is 0 Å². The first-order valence-electron chi connectivity index (χ1n) is 5.81. The molecule has 0 aromatic heterocycles. The summed E-state index contributed by atoms with van der Waals surface area (Å²) in [7, 11) is 2.02. The zero-order valence-electron chi connectivity index (χ0n) is 10.4. The first-order valence-corrected chi connectivity index (χ1v) is 6.69. The molecular weight excluding hydrogens is 216 g/mol. The predicted molar refractivity (Wildman–Crippen MR) is 72.6 cm³/mol. The summed E-state index contributed by atoms with van der Waals surface area (Å²) in [5.41, 5.74) is 4.03. The Morgan fingerprint density at radius 2 is 2.12 bits per heavy atom. The van der Waals surface area contributed by atoms with Gasteiger partial charge < -0.3 is 10.6 Å². The van der Waals surface area contributed by atoms with E-state index in [2.05, 4.69) is 43.5 Å². The van der Waals surface area contributed by atoms with Crippen LogP contribution in [0.25, 0.3) is 0 Å². The summed E-state index contributed by atoms with van der Waals surface area (Å²) >= 11 is 2.00. The monoisotopic (exact) mass is 236 g/mol. The number of nitrogens with one attached hydrogen (secondary N) is 2. The standard InChI is InChI=1S/C13H20N2S/c1-8-5-9(2)13-11(6-8)15-10(3)12(16-13)7-14-4/h5-6,10,12,14-15H,7H2,1-4H3. The van der Waals surface area contributed by atoms with Crippen LogP contribution < -0.4 is 10.6 Å². The molecule has 3 heteroatoms. The van der Waals surface area contributed by atoms with E-state index in [4.69, 9.17) is 0 Å². The highest BCUT2D eigenvalue weighted by molar-refractivity contribution is 8.00. The number of thioether (sulfide) groups is 1. The summed E-state index contributed by atoms with van der Waals surface area (Å²) in [6.45, 7) is 7.66. The van der Waals surface area contributed by atoms with Crippen LogP contribution in [-0.2, 0) is 0 Å². The van der Waals surface area contributed by atoms with Gasteiger partial charge in [-0.1, -0.05) is 6.07 Å². The topological polar surface area (TPSA) is 24.1 Å². The number of rotatable bonds is 2. The van der Waals surface area contributed by atoms with E-state index in [1.165, 1.54) is 21.7 Å². The van der Waals surface area contributed by atoms with Gasteiger partial charge in [-0.05, 0) is 45.0 Å². The van der Waals surface area contributed by atoms with Crippen molar-refractivity contribution in [3.8, 4) is 0 Å². The lowest BCUT2D eigenvalue weighted by Crippen LogP contribution is -2.38. The van der Waals surface area contributed by atoms with Crippen molar-refractivity contribution in [2.24, 2.45) is 0 Å². The molecule has 2 rings (SSSR count). The van der Waals surface area contributed by atoms with Crippen LogP contribution in [0.2, 0.25) is 0 Å². The lowest BCUT2D eigenvalue weighted by Gasteiger charge is -2.33. The Labute approximate surface area is 102 Å². The average molecular weight is 236 g/mol. The quantitative estimate of drug-likeness (QED) is 0.825. The normalized spacial score (nSPS) is 23.8. The average Bonchev–Trinajstić information content (AvgIpc) is 2.20. The summed E-state index contributed by atoms with van der Waals surface area (Å²) in [5.74, 6) is 0. The Balaban J connectivity index is 2.31. The van der Waals surface area contributed by atoms with Crippen LogP contribution in [0.15, 0.2) is 17.0 Å². The van der Waals surface area contributed by atoms with E-state index in [9.17, 15) is 0 Å². The molecular formula is C13H20N2S. The van der Waals surface area contributed by atoms with Crippen molar-refractivity contribution in [1.82, 2.24) is 5.32 Å². The SMILES string of the molecule is CNCC1Sc2c(C)cc(C)cc2NC1C. The molecule has 2 N–H and O–H groups in total. The fourth-order valence-corrected chi connectivity index (χ4v) is 3.54. The molecule has 0 fully saturated rings. The predicted octanol–water partition coefficient (Wildman–Crippen LogP) is 2.80. The van der Waals surface area contributed by atoms with E-state index >= 15 is 0 Å². The molecule has 1 aliphatic rings. The van der Waals surface area contributed by atoms with E-state index in [-0.39, 0.29) is 0 Å². The van der Waals surface area contributed by atoms with Gasteiger partial charge in [0.05, 0.1) is 0 Å². The van der Waals surface area contributed by atoms with E-state index in [0.717, 1.165) is 6.54 Å². The van der Waals surface area contributed by atoms with Gasteiger partial charge in [0, 0.05) is 28.4 Å². The van der Waals surface area contributed by atoms with E-state index in [0.29, 0.717) is 11.3 Å². The van der Waals surface area contributed by atoms with Crippen molar-refractivity contribution in [3.05, 3.63) is 23.3 Å². The van der Waals surface area contributed by atoms with Crippen molar-refractivity contribution in [1.29, 1.82) is 0 Å². The number of fused-ring (bicyclic) bond motifs is 1. The third-order valence-electron chi connectivity index (χ3n) is 3.03. The molecule has 0 spiro atoms. The highest BCUT2D eigenvalue weighted by Crippen LogP contribution is 2.40. The van der Waals surface area contributed by atoms with E-state index in [1.54, 1.807) is 0 Å². The second-order valence-corrected chi connectivity index (χ2v) is 5.85.